The Morgan fingerprint density at radius 2 is 1.71 bits per heavy atom. The number of carboxylic acids is 3. The number of ether oxygens (including phenoxy) is 1. The minimum absolute atomic E-state index is 0.702. The van der Waals surface area contributed by atoms with Crippen molar-refractivity contribution in [2.45, 2.75) is 56.9 Å². The molecule has 2 heterocycles. The maximum atomic E-state index is 11.1. The van der Waals surface area contributed by atoms with E-state index in [4.69, 9.17) is 25.2 Å². The second-order valence-corrected chi connectivity index (χ2v) is 9.21. The molecule has 2 aromatic rings. The van der Waals surface area contributed by atoms with Gasteiger partial charge in [-0.05, 0) is 25.8 Å². The number of aliphatic hydroxyl groups is 2. The first-order valence-electron chi connectivity index (χ1n) is 11.9. The molecule has 1 aromatic carbocycles. The van der Waals surface area contributed by atoms with Crippen LogP contribution in [-0.2, 0) is 33.1 Å². The molecule has 208 valence electrons. The largest absolute Gasteiger partial charge is 0.496 e. The van der Waals surface area contributed by atoms with Gasteiger partial charge in [0.15, 0.2) is 5.60 Å². The van der Waals surface area contributed by atoms with E-state index in [-0.39, 0.29) is 0 Å². The third-order valence-corrected chi connectivity index (χ3v) is 6.48. The molecule has 1 aliphatic rings. The molecule has 0 atom stereocenters. The zero-order valence-electron chi connectivity index (χ0n) is 21.5. The number of carbonyl (C=O) groups is 3. The first-order valence-corrected chi connectivity index (χ1v) is 11.9. The van der Waals surface area contributed by atoms with Gasteiger partial charge in [0.2, 0.25) is 0 Å². The number of rotatable bonds is 11. The van der Waals surface area contributed by atoms with Gasteiger partial charge in [0, 0.05) is 36.5 Å². The maximum Gasteiger partial charge on any atom is 0.336 e. The predicted molar refractivity (Wildman–Crippen MR) is 136 cm³/mol. The molecule has 12 heteroatoms. The lowest BCUT2D eigenvalue weighted by molar-refractivity contribution is -0.170. The summed E-state index contributed by atoms with van der Waals surface area (Å²) in [5, 5.41) is 49.4. The van der Waals surface area contributed by atoms with Crippen LogP contribution in [-0.4, -0.2) is 83.9 Å². The number of likely N-dealkylation sites (tertiary alicyclic amines) is 1. The number of aliphatic carboxylic acids is 3. The standard InChI is InChI=1S/C20H27N3O2.C6H8O7/c1-4-11-23-16(2)17(14-21-23)15-22-12-9-20(24,10-13-22)18-7-5-6-8-19(18)25-3;7-3(8)1-6(13,5(11)12)2-4(9)10/h4-8,14,24H,1,9-13,15H2,2-3H3;13H,1-2H2,(H,7,8)(H,9,10)(H,11,12). The molecule has 0 aliphatic carbocycles. The van der Waals surface area contributed by atoms with Crippen LogP contribution in [0.2, 0.25) is 0 Å². The van der Waals surface area contributed by atoms with Crippen LogP contribution >= 0.6 is 0 Å². The molecule has 1 aliphatic heterocycles. The van der Waals surface area contributed by atoms with Gasteiger partial charge in [-0.2, -0.15) is 5.10 Å². The average Bonchev–Trinajstić information content (AvgIpc) is 3.19. The first-order chi connectivity index (χ1) is 17.8. The van der Waals surface area contributed by atoms with Crippen molar-refractivity contribution in [2.75, 3.05) is 20.2 Å². The lowest BCUT2D eigenvalue weighted by Gasteiger charge is -2.39. The van der Waals surface area contributed by atoms with Gasteiger partial charge in [-0.3, -0.25) is 19.2 Å². The van der Waals surface area contributed by atoms with E-state index >= 15 is 0 Å². The summed E-state index contributed by atoms with van der Waals surface area (Å²) >= 11 is 0. The molecule has 0 bridgehead atoms. The number of aromatic nitrogens is 2. The van der Waals surface area contributed by atoms with Crippen LogP contribution in [0, 0.1) is 6.92 Å². The van der Waals surface area contributed by atoms with E-state index in [2.05, 4.69) is 23.5 Å². The molecule has 0 radical (unpaired) electrons. The number of piperidine rings is 1. The molecule has 1 saturated heterocycles. The fourth-order valence-corrected chi connectivity index (χ4v) is 4.28. The Morgan fingerprint density at radius 1 is 1.13 bits per heavy atom. The zero-order chi connectivity index (χ0) is 28.5. The normalized spacial score (nSPS) is 15.2. The third-order valence-electron chi connectivity index (χ3n) is 6.48. The molecule has 1 aromatic heterocycles. The molecule has 38 heavy (non-hydrogen) atoms. The number of methoxy groups -OCH3 is 1. The molecule has 12 nitrogen and oxygen atoms in total. The molecule has 1 fully saturated rings. The quantitative estimate of drug-likeness (QED) is 0.265. The predicted octanol–water partition coefficient (Wildman–Crippen LogP) is 1.62. The van der Waals surface area contributed by atoms with E-state index in [0.29, 0.717) is 12.8 Å². The molecule has 3 rings (SSSR count). The van der Waals surface area contributed by atoms with Gasteiger partial charge in [0.25, 0.3) is 0 Å². The molecular weight excluding hydrogens is 498 g/mol. The summed E-state index contributed by atoms with van der Waals surface area (Å²) in [6.45, 7) is 9.17. The zero-order valence-corrected chi connectivity index (χ0v) is 21.5. The third kappa shape index (κ3) is 7.88. The van der Waals surface area contributed by atoms with Gasteiger partial charge in [0.1, 0.15) is 5.75 Å². The minimum Gasteiger partial charge on any atom is -0.496 e. The summed E-state index contributed by atoms with van der Waals surface area (Å²) in [5.41, 5.74) is -0.231. The van der Waals surface area contributed by atoms with Gasteiger partial charge in [-0.25, -0.2) is 4.79 Å². The highest BCUT2D eigenvalue weighted by atomic mass is 16.5. The number of carboxylic acid groups (broad SMARTS) is 3. The van der Waals surface area contributed by atoms with Crippen molar-refractivity contribution in [2.24, 2.45) is 0 Å². The Balaban J connectivity index is 0.000000332. The van der Waals surface area contributed by atoms with Crippen molar-refractivity contribution in [3.05, 3.63) is 59.9 Å². The Labute approximate surface area is 220 Å². The fourth-order valence-electron chi connectivity index (χ4n) is 4.28. The summed E-state index contributed by atoms with van der Waals surface area (Å²) in [4.78, 5) is 32.9. The molecule has 0 unspecified atom stereocenters. The molecule has 0 amide bonds. The van der Waals surface area contributed by atoms with Crippen LogP contribution in [0.1, 0.15) is 42.5 Å². The van der Waals surface area contributed by atoms with Gasteiger partial charge in [-0.15, -0.1) is 6.58 Å². The highest BCUT2D eigenvalue weighted by Crippen LogP contribution is 2.38. The molecule has 0 spiro atoms. The monoisotopic (exact) mass is 533 g/mol. The highest BCUT2D eigenvalue weighted by molar-refractivity contribution is 5.88. The van der Waals surface area contributed by atoms with Crippen molar-refractivity contribution in [1.82, 2.24) is 14.7 Å². The molecule has 0 saturated carbocycles. The van der Waals surface area contributed by atoms with Crippen LogP contribution < -0.4 is 4.74 Å². The van der Waals surface area contributed by atoms with Gasteiger partial charge >= 0.3 is 17.9 Å². The summed E-state index contributed by atoms with van der Waals surface area (Å²) in [5.74, 6) is -4.26. The van der Waals surface area contributed by atoms with E-state index in [1.54, 1.807) is 7.11 Å². The second-order valence-electron chi connectivity index (χ2n) is 9.21. The maximum absolute atomic E-state index is 11.1. The van der Waals surface area contributed by atoms with Crippen molar-refractivity contribution in [3.63, 3.8) is 0 Å². The Hall–Kier alpha value is -3.74. The van der Waals surface area contributed by atoms with E-state index in [0.717, 1.165) is 37.5 Å². The van der Waals surface area contributed by atoms with Crippen LogP contribution in [0.4, 0.5) is 0 Å². The Bertz CT molecular complexity index is 1120. The number of hydrogen-bond acceptors (Lipinski definition) is 8. The lowest BCUT2D eigenvalue weighted by atomic mass is 9.84. The van der Waals surface area contributed by atoms with Crippen molar-refractivity contribution in [1.29, 1.82) is 0 Å². The molecular formula is C26H35N3O9. The van der Waals surface area contributed by atoms with Gasteiger partial charge in [-0.1, -0.05) is 24.3 Å². The SMILES string of the molecule is C=CCn1ncc(CN2CCC(O)(c3ccccc3OC)CC2)c1C.O=C(O)CC(O)(CC(=O)O)C(=O)O. The highest BCUT2D eigenvalue weighted by Gasteiger charge is 2.41. The van der Waals surface area contributed by atoms with E-state index in [1.807, 2.05) is 41.2 Å². The van der Waals surface area contributed by atoms with Crippen molar-refractivity contribution >= 4 is 17.9 Å². The first kappa shape index (κ1) is 30.5. The van der Waals surface area contributed by atoms with Crippen molar-refractivity contribution in [3.8, 4) is 5.75 Å². The van der Waals surface area contributed by atoms with Crippen molar-refractivity contribution < 1.29 is 44.7 Å². The van der Waals surface area contributed by atoms with Crippen LogP contribution in [0.25, 0.3) is 0 Å². The van der Waals surface area contributed by atoms with Crippen LogP contribution in [0.3, 0.4) is 0 Å². The number of benzene rings is 1. The van der Waals surface area contributed by atoms with E-state index in [1.165, 1.54) is 11.3 Å². The minimum atomic E-state index is -2.74. The summed E-state index contributed by atoms with van der Waals surface area (Å²) in [6, 6.07) is 7.78. The summed E-state index contributed by atoms with van der Waals surface area (Å²) in [6.07, 6.45) is 2.92. The van der Waals surface area contributed by atoms with Gasteiger partial charge in [0.05, 0.1) is 38.3 Å². The smallest absolute Gasteiger partial charge is 0.336 e. The molecule has 5 N–H and O–H groups in total. The number of allylic oxidation sites excluding steroid dienone is 1. The van der Waals surface area contributed by atoms with Crippen LogP contribution in [0.5, 0.6) is 5.75 Å². The number of para-hydroxylation sites is 1. The van der Waals surface area contributed by atoms with E-state index in [9.17, 15) is 19.5 Å². The topological polar surface area (TPSA) is 183 Å². The summed E-state index contributed by atoms with van der Waals surface area (Å²) < 4.78 is 7.40. The van der Waals surface area contributed by atoms with Crippen LogP contribution in [0.15, 0.2) is 43.1 Å². The Morgan fingerprint density at radius 3 is 2.21 bits per heavy atom. The summed E-state index contributed by atoms with van der Waals surface area (Å²) in [7, 11) is 1.65. The van der Waals surface area contributed by atoms with Gasteiger partial charge < -0.3 is 30.3 Å². The lowest BCUT2D eigenvalue weighted by Crippen LogP contribution is -2.42. The Kier molecular flexibility index (Phi) is 10.6. The average molecular weight is 534 g/mol. The fraction of sp³-hybridized carbons (Fsp3) is 0.462. The number of nitrogens with zero attached hydrogens (tertiary/aromatic N) is 3. The second kappa shape index (κ2) is 13.2. The van der Waals surface area contributed by atoms with E-state index < -0.39 is 42.0 Å². The number of hydrogen-bond donors (Lipinski definition) is 5.